The van der Waals surface area contributed by atoms with Crippen LogP contribution in [0.5, 0.6) is 0 Å². The van der Waals surface area contributed by atoms with E-state index in [4.69, 9.17) is 10.00 Å². The minimum absolute atomic E-state index is 0.164. The number of amides is 2. The molecule has 1 heterocycles. The maximum absolute atomic E-state index is 12.1. The van der Waals surface area contributed by atoms with Crippen LogP contribution >= 0.6 is 0 Å². The van der Waals surface area contributed by atoms with Gasteiger partial charge in [-0.05, 0) is 31.9 Å². The summed E-state index contributed by atoms with van der Waals surface area (Å²) in [7, 11) is 0. The lowest BCUT2D eigenvalue weighted by molar-refractivity contribution is -0.152. The van der Waals surface area contributed by atoms with E-state index in [1.165, 1.54) is 0 Å². The fourth-order valence-electron chi connectivity index (χ4n) is 2.34. The molecule has 1 atom stereocenters. The second-order valence-electron chi connectivity index (χ2n) is 5.27. The smallest absolute Gasteiger partial charge is 0.321 e. The maximum atomic E-state index is 12.1. The number of ether oxygens (including phenoxy) is 1. The van der Waals surface area contributed by atoms with Crippen LogP contribution in [0.4, 0.5) is 10.5 Å². The van der Waals surface area contributed by atoms with Gasteiger partial charge in [-0.3, -0.25) is 4.79 Å². The van der Waals surface area contributed by atoms with Gasteiger partial charge in [0.1, 0.15) is 6.07 Å². The van der Waals surface area contributed by atoms with E-state index >= 15 is 0 Å². The Morgan fingerprint density at radius 2 is 1.95 bits per heavy atom. The topological polar surface area (TPSA) is 82.4 Å². The highest BCUT2D eigenvalue weighted by molar-refractivity contribution is 5.89. The average molecular weight is 301 g/mol. The number of nitrogens with one attached hydrogen (secondary N) is 1. The summed E-state index contributed by atoms with van der Waals surface area (Å²) in [4.78, 5) is 25.7. The molecule has 0 saturated carbocycles. The van der Waals surface area contributed by atoms with Crippen LogP contribution < -0.4 is 5.32 Å². The molecule has 1 aliphatic rings. The van der Waals surface area contributed by atoms with Gasteiger partial charge < -0.3 is 15.0 Å². The summed E-state index contributed by atoms with van der Waals surface area (Å²) in [6, 6.07) is 11.0. The zero-order chi connectivity index (χ0) is 15.9. The van der Waals surface area contributed by atoms with Crippen molar-refractivity contribution >= 4 is 17.7 Å². The molecule has 2 amide bonds. The second kappa shape index (κ2) is 7.46. The molecule has 2 rings (SSSR count). The molecule has 22 heavy (non-hydrogen) atoms. The quantitative estimate of drug-likeness (QED) is 0.869. The first-order valence-corrected chi connectivity index (χ1v) is 7.31. The monoisotopic (exact) mass is 301 g/mol. The van der Waals surface area contributed by atoms with Crippen molar-refractivity contribution in [2.75, 3.05) is 18.4 Å². The largest absolute Gasteiger partial charge is 0.447 e. The SMILES string of the molecule is C[C@H](C#N)OC(=O)C1CCN(C(=O)Nc2ccccc2)CC1. The Balaban J connectivity index is 1.80. The molecule has 0 aliphatic carbocycles. The average Bonchev–Trinajstić information content (AvgIpc) is 2.55. The predicted molar refractivity (Wildman–Crippen MR) is 80.9 cm³/mol. The molecule has 0 bridgehead atoms. The summed E-state index contributed by atoms with van der Waals surface area (Å²) in [6.45, 7) is 2.54. The molecule has 1 aliphatic heterocycles. The highest BCUT2D eigenvalue weighted by Crippen LogP contribution is 2.20. The van der Waals surface area contributed by atoms with Gasteiger partial charge in [-0.2, -0.15) is 5.26 Å². The zero-order valence-electron chi connectivity index (χ0n) is 12.5. The fourth-order valence-corrected chi connectivity index (χ4v) is 2.34. The highest BCUT2D eigenvalue weighted by Gasteiger charge is 2.29. The Hall–Kier alpha value is -2.55. The van der Waals surface area contributed by atoms with Crippen LogP contribution in [0.2, 0.25) is 0 Å². The van der Waals surface area contributed by atoms with Crippen molar-refractivity contribution in [2.45, 2.75) is 25.9 Å². The van der Waals surface area contributed by atoms with E-state index in [1.54, 1.807) is 11.8 Å². The number of carbonyl (C=O) groups is 2. The van der Waals surface area contributed by atoms with Crippen molar-refractivity contribution in [1.82, 2.24) is 4.90 Å². The molecule has 0 radical (unpaired) electrons. The van der Waals surface area contributed by atoms with E-state index in [9.17, 15) is 9.59 Å². The van der Waals surface area contributed by atoms with Crippen LogP contribution in [0.25, 0.3) is 0 Å². The molecule has 1 saturated heterocycles. The standard InChI is InChI=1S/C16H19N3O3/c1-12(11-17)22-15(20)13-7-9-19(10-8-13)16(21)18-14-5-3-2-4-6-14/h2-6,12-13H,7-10H2,1H3,(H,18,21)/t12-/m1/s1. The number of piperidine rings is 1. The number of esters is 1. The summed E-state index contributed by atoms with van der Waals surface area (Å²) in [5, 5.41) is 11.5. The Morgan fingerprint density at radius 3 is 2.55 bits per heavy atom. The first-order chi connectivity index (χ1) is 10.6. The van der Waals surface area contributed by atoms with E-state index in [1.807, 2.05) is 36.4 Å². The Labute approximate surface area is 129 Å². The van der Waals surface area contributed by atoms with Crippen LogP contribution in [0.15, 0.2) is 30.3 Å². The number of nitriles is 1. The fraction of sp³-hybridized carbons (Fsp3) is 0.438. The number of hydrogen-bond acceptors (Lipinski definition) is 4. The predicted octanol–water partition coefficient (Wildman–Crippen LogP) is 2.39. The van der Waals surface area contributed by atoms with Crippen molar-refractivity contribution in [1.29, 1.82) is 5.26 Å². The van der Waals surface area contributed by atoms with Gasteiger partial charge in [-0.15, -0.1) is 0 Å². The third-order valence-electron chi connectivity index (χ3n) is 3.62. The summed E-state index contributed by atoms with van der Waals surface area (Å²) in [5.41, 5.74) is 0.747. The van der Waals surface area contributed by atoms with Gasteiger partial charge in [-0.1, -0.05) is 18.2 Å². The highest BCUT2D eigenvalue weighted by atomic mass is 16.5. The summed E-state index contributed by atoms with van der Waals surface area (Å²) < 4.78 is 5.01. The number of nitrogens with zero attached hydrogens (tertiary/aromatic N) is 2. The molecule has 1 aromatic carbocycles. The molecular weight excluding hydrogens is 282 g/mol. The molecule has 6 nitrogen and oxygen atoms in total. The van der Waals surface area contributed by atoms with E-state index in [0.29, 0.717) is 25.9 Å². The first kappa shape index (κ1) is 15.8. The van der Waals surface area contributed by atoms with Crippen LogP contribution in [0.1, 0.15) is 19.8 Å². The lowest BCUT2D eigenvalue weighted by atomic mass is 9.97. The summed E-state index contributed by atoms with van der Waals surface area (Å²) in [5.74, 6) is -0.589. The second-order valence-corrected chi connectivity index (χ2v) is 5.27. The van der Waals surface area contributed by atoms with Crippen LogP contribution in [0.3, 0.4) is 0 Å². The normalized spacial score (nSPS) is 16.5. The molecule has 116 valence electrons. The third-order valence-corrected chi connectivity index (χ3v) is 3.62. The Morgan fingerprint density at radius 1 is 1.32 bits per heavy atom. The van der Waals surface area contributed by atoms with E-state index in [0.717, 1.165) is 5.69 Å². The number of anilines is 1. The lowest BCUT2D eigenvalue weighted by Gasteiger charge is -2.31. The summed E-state index contributed by atoms with van der Waals surface area (Å²) >= 11 is 0. The minimum atomic E-state index is -0.730. The lowest BCUT2D eigenvalue weighted by Crippen LogP contribution is -2.43. The van der Waals surface area contributed by atoms with E-state index < -0.39 is 6.10 Å². The van der Waals surface area contributed by atoms with E-state index in [-0.39, 0.29) is 17.9 Å². The van der Waals surface area contributed by atoms with Gasteiger partial charge in [-0.25, -0.2) is 4.79 Å². The number of rotatable bonds is 3. The van der Waals surface area contributed by atoms with Gasteiger partial charge in [0, 0.05) is 18.8 Å². The van der Waals surface area contributed by atoms with Crippen LogP contribution in [0, 0.1) is 17.2 Å². The number of likely N-dealkylation sites (tertiary alicyclic amines) is 1. The Bertz CT molecular complexity index is 560. The number of benzene rings is 1. The molecule has 1 fully saturated rings. The minimum Gasteiger partial charge on any atom is -0.447 e. The molecular formula is C16H19N3O3. The zero-order valence-corrected chi connectivity index (χ0v) is 12.5. The maximum Gasteiger partial charge on any atom is 0.321 e. The number of urea groups is 1. The van der Waals surface area contributed by atoms with Gasteiger partial charge in [0.15, 0.2) is 6.10 Å². The van der Waals surface area contributed by atoms with Gasteiger partial charge >= 0.3 is 12.0 Å². The van der Waals surface area contributed by atoms with Gasteiger partial charge in [0.05, 0.1) is 5.92 Å². The molecule has 0 unspecified atom stereocenters. The van der Waals surface area contributed by atoms with Crippen molar-refractivity contribution in [3.05, 3.63) is 30.3 Å². The molecule has 0 spiro atoms. The van der Waals surface area contributed by atoms with Gasteiger partial charge in [0.25, 0.3) is 0 Å². The third kappa shape index (κ3) is 4.22. The van der Waals surface area contributed by atoms with Crippen molar-refractivity contribution < 1.29 is 14.3 Å². The van der Waals surface area contributed by atoms with Crippen molar-refractivity contribution in [3.63, 3.8) is 0 Å². The molecule has 1 aromatic rings. The first-order valence-electron chi connectivity index (χ1n) is 7.31. The molecule has 1 N–H and O–H groups in total. The van der Waals surface area contributed by atoms with Crippen LogP contribution in [-0.2, 0) is 9.53 Å². The molecule has 6 heteroatoms. The van der Waals surface area contributed by atoms with Crippen molar-refractivity contribution in [3.8, 4) is 6.07 Å². The number of hydrogen-bond donors (Lipinski definition) is 1. The van der Waals surface area contributed by atoms with E-state index in [2.05, 4.69) is 5.32 Å². The summed E-state index contributed by atoms with van der Waals surface area (Å²) in [6.07, 6.45) is 0.380. The van der Waals surface area contributed by atoms with Crippen molar-refractivity contribution in [2.24, 2.45) is 5.92 Å². The Kier molecular flexibility index (Phi) is 5.37. The number of carbonyl (C=O) groups excluding carboxylic acids is 2. The van der Waals surface area contributed by atoms with Crippen LogP contribution in [-0.4, -0.2) is 36.1 Å². The van der Waals surface area contributed by atoms with Gasteiger partial charge in [0.2, 0.25) is 0 Å². The molecule has 0 aromatic heterocycles. The number of para-hydroxylation sites is 1.